The average molecular weight is 549 g/mol. The van der Waals surface area contributed by atoms with Crippen LogP contribution in [0.15, 0.2) is 101 Å². The van der Waals surface area contributed by atoms with Crippen molar-refractivity contribution in [1.82, 2.24) is 9.66 Å². The smallest absolute Gasteiger partial charge is 0.282 e. The van der Waals surface area contributed by atoms with Crippen molar-refractivity contribution < 1.29 is 19.0 Å². The molecule has 41 heavy (non-hydrogen) atoms. The maximum Gasteiger partial charge on any atom is 0.282 e. The molecule has 0 fully saturated rings. The van der Waals surface area contributed by atoms with Crippen LogP contribution in [0.1, 0.15) is 11.1 Å². The largest absolute Gasteiger partial charge is 0.493 e. The Hall–Kier alpha value is -5.44. The lowest BCUT2D eigenvalue weighted by molar-refractivity contribution is -0.118. The predicted octanol–water partition coefficient (Wildman–Crippen LogP) is 5.29. The molecule has 5 aromatic rings. The SMILES string of the molecule is COc1cc(C=Nn2c(-c3ccccc3)nc3ccccc3c2=O)cc(OC)c1OCC(=O)Nc1ccccc1C. The van der Waals surface area contributed by atoms with Gasteiger partial charge in [-0.2, -0.15) is 9.78 Å². The zero-order valence-corrected chi connectivity index (χ0v) is 22.8. The second-order valence-electron chi connectivity index (χ2n) is 9.09. The van der Waals surface area contributed by atoms with Crippen molar-refractivity contribution in [2.24, 2.45) is 5.10 Å². The number of fused-ring (bicyclic) bond motifs is 1. The summed E-state index contributed by atoms with van der Waals surface area (Å²) in [5, 5.41) is 7.80. The summed E-state index contributed by atoms with van der Waals surface area (Å²) in [6.45, 7) is 1.65. The van der Waals surface area contributed by atoms with Crippen LogP contribution in [0.4, 0.5) is 5.69 Å². The van der Waals surface area contributed by atoms with E-state index in [4.69, 9.17) is 19.2 Å². The molecule has 0 atom stereocenters. The van der Waals surface area contributed by atoms with Gasteiger partial charge in [-0.25, -0.2) is 4.98 Å². The number of carbonyl (C=O) groups excluding carboxylic acids is 1. The average Bonchev–Trinajstić information content (AvgIpc) is 3.00. The van der Waals surface area contributed by atoms with E-state index in [1.807, 2.05) is 67.6 Å². The number of para-hydroxylation sites is 2. The van der Waals surface area contributed by atoms with Crippen molar-refractivity contribution in [1.29, 1.82) is 0 Å². The number of amides is 1. The molecule has 0 aliphatic rings. The molecule has 206 valence electrons. The first-order valence-electron chi connectivity index (χ1n) is 12.8. The Morgan fingerprint density at radius 1 is 0.927 bits per heavy atom. The van der Waals surface area contributed by atoms with Gasteiger partial charge in [-0.05, 0) is 42.8 Å². The van der Waals surface area contributed by atoms with Gasteiger partial charge in [-0.3, -0.25) is 9.59 Å². The fraction of sp³-hybridized carbons (Fsp3) is 0.125. The first-order chi connectivity index (χ1) is 20.0. The van der Waals surface area contributed by atoms with Crippen LogP contribution in [0, 0.1) is 6.92 Å². The van der Waals surface area contributed by atoms with Crippen LogP contribution in [-0.4, -0.2) is 42.6 Å². The number of nitrogens with one attached hydrogen (secondary N) is 1. The van der Waals surface area contributed by atoms with Crippen LogP contribution in [0.3, 0.4) is 0 Å². The van der Waals surface area contributed by atoms with Gasteiger partial charge in [-0.15, -0.1) is 0 Å². The summed E-state index contributed by atoms with van der Waals surface area (Å²) in [6, 6.07) is 27.4. The van der Waals surface area contributed by atoms with Crippen LogP contribution in [0.5, 0.6) is 17.2 Å². The van der Waals surface area contributed by atoms with Gasteiger partial charge in [0.1, 0.15) is 0 Å². The van der Waals surface area contributed by atoms with Gasteiger partial charge < -0.3 is 19.5 Å². The first kappa shape index (κ1) is 27.1. The van der Waals surface area contributed by atoms with Crippen molar-refractivity contribution in [3.63, 3.8) is 0 Å². The first-order valence-corrected chi connectivity index (χ1v) is 12.8. The van der Waals surface area contributed by atoms with Crippen molar-refractivity contribution in [3.05, 3.63) is 112 Å². The molecule has 1 heterocycles. The molecule has 1 amide bonds. The van der Waals surface area contributed by atoms with Crippen LogP contribution < -0.4 is 25.1 Å². The Morgan fingerprint density at radius 2 is 1.59 bits per heavy atom. The minimum atomic E-state index is -0.328. The highest BCUT2D eigenvalue weighted by molar-refractivity contribution is 5.92. The van der Waals surface area contributed by atoms with Gasteiger partial charge in [0.15, 0.2) is 23.9 Å². The molecule has 9 heteroatoms. The Bertz CT molecular complexity index is 1770. The third-order valence-electron chi connectivity index (χ3n) is 6.36. The van der Waals surface area contributed by atoms with Gasteiger partial charge in [0.25, 0.3) is 11.5 Å². The van der Waals surface area contributed by atoms with Crippen LogP contribution >= 0.6 is 0 Å². The summed E-state index contributed by atoms with van der Waals surface area (Å²) < 4.78 is 18.2. The lowest BCUT2D eigenvalue weighted by Crippen LogP contribution is -2.21. The van der Waals surface area contributed by atoms with E-state index in [0.29, 0.717) is 39.5 Å². The number of carbonyl (C=O) groups is 1. The Labute approximate surface area is 236 Å². The Morgan fingerprint density at radius 3 is 2.29 bits per heavy atom. The van der Waals surface area contributed by atoms with E-state index >= 15 is 0 Å². The number of methoxy groups -OCH3 is 2. The second kappa shape index (κ2) is 12.2. The minimum absolute atomic E-state index is 0.257. The molecule has 0 aliphatic carbocycles. The number of aromatic nitrogens is 2. The van der Waals surface area contributed by atoms with Gasteiger partial charge >= 0.3 is 0 Å². The molecule has 0 spiro atoms. The van der Waals surface area contributed by atoms with Crippen molar-refractivity contribution >= 4 is 28.7 Å². The molecular weight excluding hydrogens is 520 g/mol. The van der Waals surface area contributed by atoms with Gasteiger partial charge in [0.2, 0.25) is 5.75 Å². The van der Waals surface area contributed by atoms with Crippen LogP contribution in [-0.2, 0) is 4.79 Å². The lowest BCUT2D eigenvalue weighted by Gasteiger charge is -2.15. The molecule has 1 N–H and O–H groups in total. The zero-order chi connectivity index (χ0) is 28.8. The molecular formula is C32H28N4O5. The van der Waals surface area contributed by atoms with E-state index < -0.39 is 0 Å². The molecule has 0 bridgehead atoms. The number of ether oxygens (including phenoxy) is 3. The van der Waals surface area contributed by atoms with Crippen molar-refractivity contribution in [3.8, 4) is 28.6 Å². The van der Waals surface area contributed by atoms with Gasteiger partial charge in [0, 0.05) is 16.8 Å². The summed E-state index contributed by atoms with van der Waals surface area (Å²) in [5.41, 5.74) is 3.25. The monoisotopic (exact) mass is 548 g/mol. The number of anilines is 1. The third-order valence-corrected chi connectivity index (χ3v) is 6.36. The fourth-order valence-electron chi connectivity index (χ4n) is 4.28. The topological polar surface area (TPSA) is 104 Å². The van der Waals surface area contributed by atoms with Crippen LogP contribution in [0.25, 0.3) is 22.3 Å². The Kier molecular flexibility index (Phi) is 8.05. The van der Waals surface area contributed by atoms with E-state index in [1.54, 1.807) is 30.3 Å². The molecule has 0 saturated heterocycles. The molecule has 5 rings (SSSR count). The highest BCUT2D eigenvalue weighted by Crippen LogP contribution is 2.38. The van der Waals surface area contributed by atoms with Gasteiger partial charge in [-0.1, -0.05) is 60.7 Å². The summed E-state index contributed by atoms with van der Waals surface area (Å²) in [4.78, 5) is 30.7. The number of rotatable bonds is 9. The predicted molar refractivity (Wildman–Crippen MR) is 159 cm³/mol. The molecule has 0 radical (unpaired) electrons. The zero-order valence-electron chi connectivity index (χ0n) is 22.8. The second-order valence-corrected chi connectivity index (χ2v) is 9.09. The number of nitrogens with zero attached hydrogens (tertiary/aromatic N) is 3. The molecule has 9 nitrogen and oxygen atoms in total. The Balaban J connectivity index is 1.46. The van der Waals surface area contributed by atoms with Gasteiger partial charge in [0.05, 0.1) is 31.3 Å². The minimum Gasteiger partial charge on any atom is -0.493 e. The van der Waals surface area contributed by atoms with E-state index in [0.717, 1.165) is 11.1 Å². The maximum atomic E-state index is 13.4. The van der Waals surface area contributed by atoms with E-state index in [1.165, 1.54) is 25.1 Å². The van der Waals surface area contributed by atoms with E-state index in [9.17, 15) is 9.59 Å². The number of aryl methyl sites for hydroxylation is 1. The van der Waals surface area contributed by atoms with Crippen molar-refractivity contribution in [2.45, 2.75) is 6.92 Å². The number of hydrogen-bond donors (Lipinski definition) is 1. The lowest BCUT2D eigenvalue weighted by atomic mass is 10.2. The molecule has 0 saturated carbocycles. The summed E-state index contributed by atoms with van der Waals surface area (Å²) >= 11 is 0. The highest BCUT2D eigenvalue weighted by Gasteiger charge is 2.17. The molecule has 0 unspecified atom stereocenters. The third kappa shape index (κ3) is 5.94. The van der Waals surface area contributed by atoms with Crippen LogP contribution in [0.2, 0.25) is 0 Å². The maximum absolute atomic E-state index is 13.4. The fourth-order valence-corrected chi connectivity index (χ4v) is 4.28. The van der Waals surface area contributed by atoms with E-state index in [2.05, 4.69) is 10.4 Å². The summed E-state index contributed by atoms with van der Waals surface area (Å²) in [7, 11) is 2.97. The molecule has 1 aromatic heterocycles. The summed E-state index contributed by atoms with van der Waals surface area (Å²) in [5.74, 6) is 1.01. The molecule has 4 aromatic carbocycles. The molecule has 0 aliphatic heterocycles. The number of hydrogen-bond acceptors (Lipinski definition) is 7. The van der Waals surface area contributed by atoms with Crippen molar-refractivity contribution in [2.75, 3.05) is 26.1 Å². The number of benzene rings is 4. The standard InChI is InChI=1S/C32H28N4O5/c1-21-11-7-9-15-25(21)34-29(37)20-41-30-27(39-2)17-22(18-28(30)40-3)19-33-36-31(23-12-5-4-6-13-23)35-26-16-10-8-14-24(26)32(36)38/h4-19H,20H2,1-3H3,(H,34,37). The highest BCUT2D eigenvalue weighted by atomic mass is 16.5. The van der Waals surface area contributed by atoms with E-state index in [-0.39, 0.29) is 23.8 Å². The quantitative estimate of drug-likeness (QED) is 0.251. The summed E-state index contributed by atoms with van der Waals surface area (Å²) in [6.07, 6.45) is 1.52. The normalized spacial score (nSPS) is 11.0.